The number of carbonyl (C=O) groups is 1. The number of halogens is 1. The van der Waals surface area contributed by atoms with Crippen LogP contribution in [-0.2, 0) is 6.54 Å². The van der Waals surface area contributed by atoms with Gasteiger partial charge in [0.2, 0.25) is 0 Å². The van der Waals surface area contributed by atoms with Crippen molar-refractivity contribution in [1.82, 2.24) is 10.2 Å². The fraction of sp³-hybridized carbons (Fsp3) is 0.370. The summed E-state index contributed by atoms with van der Waals surface area (Å²) >= 11 is 0. The maximum absolute atomic E-state index is 13.4. The largest absolute Gasteiger partial charge is 0.492 e. The number of fused-ring (bicyclic) bond motifs is 3. The summed E-state index contributed by atoms with van der Waals surface area (Å²) in [6.07, 6.45) is 4.04. The fourth-order valence-electron chi connectivity index (χ4n) is 5.66. The number of carbonyl (C=O) groups excluding carboxylic acids is 1. The van der Waals surface area contributed by atoms with E-state index in [9.17, 15) is 14.9 Å². The predicted molar refractivity (Wildman–Crippen MR) is 138 cm³/mol. The molecule has 2 aliphatic heterocycles. The van der Waals surface area contributed by atoms with Crippen LogP contribution >= 0.6 is 12.4 Å². The minimum Gasteiger partial charge on any atom is -0.492 e. The number of hydrogen-bond acceptors (Lipinski definition) is 5. The van der Waals surface area contributed by atoms with Crippen molar-refractivity contribution in [3.8, 4) is 5.75 Å². The van der Waals surface area contributed by atoms with Crippen LogP contribution in [0, 0.1) is 10.1 Å². The van der Waals surface area contributed by atoms with Crippen LogP contribution in [0.5, 0.6) is 5.75 Å². The van der Waals surface area contributed by atoms with Crippen LogP contribution in [0.25, 0.3) is 10.8 Å². The van der Waals surface area contributed by atoms with Gasteiger partial charge >= 0.3 is 0 Å². The molecule has 0 aliphatic carbocycles. The maximum Gasteiger partial charge on any atom is 0.278 e. The van der Waals surface area contributed by atoms with Crippen LogP contribution in [0.15, 0.2) is 60.7 Å². The molecule has 0 spiro atoms. The molecular formula is C27H30ClN3O4. The fourth-order valence-corrected chi connectivity index (χ4v) is 5.66. The van der Waals surface area contributed by atoms with Crippen molar-refractivity contribution in [2.45, 2.75) is 57.3 Å². The van der Waals surface area contributed by atoms with Gasteiger partial charge in [-0.2, -0.15) is 0 Å². The first-order chi connectivity index (χ1) is 16.5. The molecule has 2 saturated heterocycles. The minimum atomic E-state index is -0.433. The molecule has 1 amide bonds. The summed E-state index contributed by atoms with van der Waals surface area (Å²) in [4.78, 5) is 27.3. The van der Waals surface area contributed by atoms with Crippen molar-refractivity contribution in [1.29, 1.82) is 0 Å². The number of nitrogens with zero attached hydrogens (tertiary/aromatic N) is 2. The lowest BCUT2D eigenvalue weighted by Gasteiger charge is -2.39. The third-order valence-electron chi connectivity index (χ3n) is 7.13. The highest BCUT2D eigenvalue weighted by Crippen LogP contribution is 2.39. The molecule has 7 nitrogen and oxygen atoms in total. The molecule has 1 N–H and O–H groups in total. The molecule has 0 radical (unpaired) electrons. The quantitative estimate of drug-likeness (QED) is 0.346. The number of non-ortho nitro benzene ring substituents is 1. The summed E-state index contributed by atoms with van der Waals surface area (Å²) in [6, 6.07) is 19.8. The van der Waals surface area contributed by atoms with Crippen molar-refractivity contribution < 1.29 is 14.5 Å². The Bertz CT molecular complexity index is 1210. The highest BCUT2D eigenvalue weighted by atomic mass is 35.5. The van der Waals surface area contributed by atoms with Crippen molar-refractivity contribution in [2.24, 2.45) is 0 Å². The number of benzene rings is 3. The Hall–Kier alpha value is -3.16. The molecule has 8 heteroatoms. The molecule has 5 rings (SSSR count). The molecule has 2 bridgehead atoms. The third kappa shape index (κ3) is 4.97. The lowest BCUT2D eigenvalue weighted by molar-refractivity contribution is -0.383. The molecule has 0 aromatic heterocycles. The van der Waals surface area contributed by atoms with Gasteiger partial charge in [-0.1, -0.05) is 48.5 Å². The van der Waals surface area contributed by atoms with Gasteiger partial charge in [0.15, 0.2) is 0 Å². The Labute approximate surface area is 211 Å². The van der Waals surface area contributed by atoms with Gasteiger partial charge in [-0.25, -0.2) is 0 Å². The Morgan fingerprint density at radius 2 is 1.69 bits per heavy atom. The van der Waals surface area contributed by atoms with E-state index in [1.54, 1.807) is 24.3 Å². The van der Waals surface area contributed by atoms with Crippen LogP contribution in [0.3, 0.4) is 0 Å². The molecule has 2 unspecified atom stereocenters. The molecule has 2 atom stereocenters. The summed E-state index contributed by atoms with van der Waals surface area (Å²) in [5.41, 5.74) is 1.46. The summed E-state index contributed by atoms with van der Waals surface area (Å²) in [6.45, 7) is 3.14. The van der Waals surface area contributed by atoms with E-state index in [1.807, 2.05) is 13.0 Å². The van der Waals surface area contributed by atoms with Gasteiger partial charge < -0.3 is 10.1 Å². The van der Waals surface area contributed by atoms with Crippen molar-refractivity contribution >= 4 is 34.8 Å². The summed E-state index contributed by atoms with van der Waals surface area (Å²) in [5, 5.41) is 16.0. The molecule has 2 fully saturated rings. The van der Waals surface area contributed by atoms with Crippen LogP contribution in [0.2, 0.25) is 0 Å². The molecular weight excluding hydrogens is 466 g/mol. The SMILES string of the molecule is CCOc1c(C(=O)NC2CC3CCC(C2)N3Cc2ccccc2)cc([N+](=O)[O-])c2ccccc12.Cl. The first-order valence-corrected chi connectivity index (χ1v) is 12.0. The highest BCUT2D eigenvalue weighted by Gasteiger charge is 2.41. The molecule has 2 aliphatic rings. The van der Waals surface area contributed by atoms with Crippen molar-refractivity contribution in [3.05, 3.63) is 81.9 Å². The van der Waals surface area contributed by atoms with E-state index in [1.165, 1.54) is 11.6 Å². The number of amides is 1. The average Bonchev–Trinajstić information content (AvgIpc) is 3.07. The minimum absolute atomic E-state index is 0. The number of rotatable bonds is 7. The maximum atomic E-state index is 13.4. The van der Waals surface area contributed by atoms with E-state index in [2.05, 4.69) is 34.5 Å². The zero-order chi connectivity index (χ0) is 23.7. The number of nitro groups is 1. The Morgan fingerprint density at radius 3 is 2.31 bits per heavy atom. The van der Waals surface area contributed by atoms with Crippen molar-refractivity contribution in [3.63, 3.8) is 0 Å². The summed E-state index contributed by atoms with van der Waals surface area (Å²) in [7, 11) is 0. The van der Waals surface area contributed by atoms with E-state index in [-0.39, 0.29) is 35.6 Å². The van der Waals surface area contributed by atoms with Gasteiger partial charge in [-0.15, -0.1) is 12.4 Å². The second-order valence-electron chi connectivity index (χ2n) is 9.19. The van der Waals surface area contributed by atoms with E-state index in [4.69, 9.17) is 4.74 Å². The second-order valence-corrected chi connectivity index (χ2v) is 9.19. The number of piperidine rings is 1. The second kappa shape index (κ2) is 10.6. The number of hydrogen-bond donors (Lipinski definition) is 1. The lowest BCUT2D eigenvalue weighted by atomic mass is 9.95. The standard InChI is InChI=1S/C27H29N3O4.ClH/c1-2-34-26-23-11-7-6-10-22(23)25(30(32)33)16-24(26)27(31)28-19-14-20-12-13-21(15-19)29(20)17-18-8-4-3-5-9-18;/h3-11,16,19-21H,2,12-15,17H2,1H3,(H,28,31);1H. The van der Waals surface area contributed by atoms with Gasteiger partial charge in [0.05, 0.1) is 22.5 Å². The zero-order valence-electron chi connectivity index (χ0n) is 19.7. The topological polar surface area (TPSA) is 84.7 Å². The van der Waals surface area contributed by atoms with Gasteiger partial charge in [0.25, 0.3) is 11.6 Å². The average molecular weight is 496 g/mol. The van der Waals surface area contributed by atoms with E-state index in [0.29, 0.717) is 35.2 Å². The molecule has 0 saturated carbocycles. The summed E-state index contributed by atoms with van der Waals surface area (Å²) in [5.74, 6) is 0.101. The monoisotopic (exact) mass is 495 g/mol. The Balaban J connectivity index is 0.00000289. The molecule has 2 heterocycles. The van der Waals surface area contributed by atoms with Gasteiger partial charge in [0.1, 0.15) is 5.75 Å². The third-order valence-corrected chi connectivity index (χ3v) is 7.13. The van der Waals surface area contributed by atoms with E-state index < -0.39 is 4.92 Å². The van der Waals surface area contributed by atoms with Crippen LogP contribution in [0.4, 0.5) is 5.69 Å². The molecule has 184 valence electrons. The smallest absolute Gasteiger partial charge is 0.278 e. The number of ether oxygens (including phenoxy) is 1. The highest BCUT2D eigenvalue weighted by molar-refractivity contribution is 6.07. The number of nitrogens with one attached hydrogen (secondary N) is 1. The van der Waals surface area contributed by atoms with Gasteiger partial charge in [-0.05, 0) is 44.2 Å². The Kier molecular flexibility index (Phi) is 7.57. The lowest BCUT2D eigenvalue weighted by Crippen LogP contribution is -2.50. The van der Waals surface area contributed by atoms with Crippen LogP contribution in [-0.4, -0.2) is 40.5 Å². The molecule has 3 aromatic rings. The number of nitro benzene ring substituents is 1. The van der Waals surface area contributed by atoms with E-state index >= 15 is 0 Å². The first kappa shape index (κ1) is 24.9. The van der Waals surface area contributed by atoms with E-state index in [0.717, 1.165) is 32.2 Å². The van der Waals surface area contributed by atoms with Gasteiger partial charge in [-0.3, -0.25) is 19.8 Å². The van der Waals surface area contributed by atoms with Gasteiger partial charge in [0, 0.05) is 36.1 Å². The summed E-state index contributed by atoms with van der Waals surface area (Å²) < 4.78 is 5.84. The predicted octanol–water partition coefficient (Wildman–Crippen LogP) is 5.49. The first-order valence-electron chi connectivity index (χ1n) is 12.0. The Morgan fingerprint density at radius 1 is 1.06 bits per heavy atom. The normalized spacial score (nSPS) is 21.3. The van der Waals surface area contributed by atoms with Crippen LogP contribution < -0.4 is 10.1 Å². The zero-order valence-corrected chi connectivity index (χ0v) is 20.5. The van der Waals surface area contributed by atoms with Crippen molar-refractivity contribution in [2.75, 3.05) is 6.61 Å². The molecule has 3 aromatic carbocycles. The van der Waals surface area contributed by atoms with Crippen LogP contribution in [0.1, 0.15) is 48.5 Å². The molecule has 35 heavy (non-hydrogen) atoms.